The van der Waals surface area contributed by atoms with Crippen LogP contribution >= 0.6 is 0 Å². The first kappa shape index (κ1) is 20.1. The van der Waals surface area contributed by atoms with Gasteiger partial charge in [0.05, 0.1) is 21.3 Å². The van der Waals surface area contributed by atoms with Crippen molar-refractivity contribution in [3.63, 3.8) is 0 Å². The Hall–Kier alpha value is -2.96. The fourth-order valence-corrected chi connectivity index (χ4v) is 1.84. The van der Waals surface area contributed by atoms with Gasteiger partial charge in [0.1, 0.15) is 0 Å². The van der Waals surface area contributed by atoms with Crippen LogP contribution in [0.1, 0.15) is 19.4 Å². The van der Waals surface area contributed by atoms with Crippen molar-refractivity contribution in [2.24, 2.45) is 0 Å². The second-order valence-electron chi connectivity index (χ2n) is 4.98. The Morgan fingerprint density at radius 3 is 2.04 bits per heavy atom. The molecule has 7 heteroatoms. The molecule has 136 valence electrons. The Kier molecular flexibility index (Phi) is 7.52. The highest BCUT2D eigenvalue weighted by atomic mass is 16.7. The first-order chi connectivity index (χ1) is 11.8. The van der Waals surface area contributed by atoms with E-state index in [1.165, 1.54) is 47.3 Å². The molecule has 0 saturated carbocycles. The maximum atomic E-state index is 11.8. The third-order valence-electron chi connectivity index (χ3n) is 3.00. The molecule has 1 aromatic rings. The van der Waals surface area contributed by atoms with Crippen LogP contribution in [0.15, 0.2) is 30.4 Å². The van der Waals surface area contributed by atoms with Gasteiger partial charge >= 0.3 is 11.9 Å². The van der Waals surface area contributed by atoms with Crippen LogP contribution < -0.4 is 14.2 Å². The van der Waals surface area contributed by atoms with E-state index in [9.17, 15) is 9.59 Å². The Bertz CT molecular complexity index is 651. The molecule has 0 N–H and O–H groups in total. The summed E-state index contributed by atoms with van der Waals surface area (Å²) in [6.45, 7) is 6.38. The zero-order chi connectivity index (χ0) is 19.0. The Morgan fingerprint density at radius 2 is 1.60 bits per heavy atom. The molecule has 0 aliphatic rings. The van der Waals surface area contributed by atoms with Crippen LogP contribution in [0.2, 0.25) is 0 Å². The molecule has 1 aromatic carbocycles. The highest BCUT2D eigenvalue weighted by molar-refractivity contribution is 5.88. The van der Waals surface area contributed by atoms with E-state index < -0.39 is 18.2 Å². The highest BCUT2D eigenvalue weighted by Gasteiger charge is 2.14. The highest BCUT2D eigenvalue weighted by Crippen LogP contribution is 2.38. The molecular formula is C18H22O7. The Labute approximate surface area is 146 Å². The first-order valence-electron chi connectivity index (χ1n) is 7.37. The van der Waals surface area contributed by atoms with Gasteiger partial charge in [0.25, 0.3) is 0 Å². The van der Waals surface area contributed by atoms with Crippen molar-refractivity contribution in [2.45, 2.75) is 20.1 Å². The molecule has 1 atom stereocenters. The van der Waals surface area contributed by atoms with E-state index in [4.69, 9.17) is 23.7 Å². The lowest BCUT2D eigenvalue weighted by Gasteiger charge is -2.13. The van der Waals surface area contributed by atoms with E-state index >= 15 is 0 Å². The van der Waals surface area contributed by atoms with Gasteiger partial charge in [-0.05, 0) is 30.7 Å². The van der Waals surface area contributed by atoms with E-state index in [0.29, 0.717) is 22.8 Å². The normalized spacial score (nSPS) is 11.6. The molecule has 0 bridgehead atoms. The second kappa shape index (κ2) is 9.36. The fraction of sp³-hybridized carbons (Fsp3) is 0.333. The SMILES string of the molecule is C=C(C)C(=O)OC(C)OC(=O)/C=C/c1cc(OC)c(OC)c(OC)c1. The summed E-state index contributed by atoms with van der Waals surface area (Å²) >= 11 is 0. The van der Waals surface area contributed by atoms with E-state index in [1.807, 2.05) is 0 Å². The lowest BCUT2D eigenvalue weighted by molar-refractivity contribution is -0.177. The summed E-state index contributed by atoms with van der Waals surface area (Å²) < 4.78 is 25.5. The van der Waals surface area contributed by atoms with Crippen LogP contribution in [0.25, 0.3) is 6.08 Å². The molecule has 0 aromatic heterocycles. The van der Waals surface area contributed by atoms with Crippen LogP contribution in [0.3, 0.4) is 0 Å². The van der Waals surface area contributed by atoms with Crippen LogP contribution in [-0.2, 0) is 19.1 Å². The zero-order valence-corrected chi connectivity index (χ0v) is 15.0. The van der Waals surface area contributed by atoms with Crippen molar-refractivity contribution in [1.82, 2.24) is 0 Å². The van der Waals surface area contributed by atoms with Crippen LogP contribution in [0.5, 0.6) is 17.2 Å². The smallest absolute Gasteiger partial charge is 0.336 e. The summed E-state index contributed by atoms with van der Waals surface area (Å²) in [6.07, 6.45) is 1.69. The predicted molar refractivity (Wildman–Crippen MR) is 91.6 cm³/mol. The van der Waals surface area contributed by atoms with E-state index in [0.717, 1.165) is 0 Å². The van der Waals surface area contributed by atoms with Crippen LogP contribution in [0, 0.1) is 0 Å². The lowest BCUT2D eigenvalue weighted by Crippen LogP contribution is -2.20. The monoisotopic (exact) mass is 350 g/mol. The number of benzene rings is 1. The van der Waals surface area contributed by atoms with Gasteiger partial charge in [0, 0.05) is 18.6 Å². The van der Waals surface area contributed by atoms with Crippen molar-refractivity contribution >= 4 is 18.0 Å². The van der Waals surface area contributed by atoms with Gasteiger partial charge in [0.2, 0.25) is 12.0 Å². The molecule has 1 rings (SSSR count). The van der Waals surface area contributed by atoms with Crippen molar-refractivity contribution in [2.75, 3.05) is 21.3 Å². The summed E-state index contributed by atoms with van der Waals surface area (Å²) in [6, 6.07) is 3.35. The summed E-state index contributed by atoms with van der Waals surface area (Å²) in [5, 5.41) is 0. The number of carbonyl (C=O) groups is 2. The summed E-state index contributed by atoms with van der Waals surface area (Å²) in [5.41, 5.74) is 0.855. The average Bonchev–Trinajstić information content (AvgIpc) is 2.58. The van der Waals surface area contributed by atoms with Crippen molar-refractivity contribution in [3.05, 3.63) is 35.9 Å². The van der Waals surface area contributed by atoms with Gasteiger partial charge in [-0.1, -0.05) is 6.58 Å². The third-order valence-corrected chi connectivity index (χ3v) is 3.00. The van der Waals surface area contributed by atoms with Gasteiger partial charge in [-0.2, -0.15) is 0 Å². The molecule has 1 unspecified atom stereocenters. The summed E-state index contributed by atoms with van der Waals surface area (Å²) in [4.78, 5) is 23.1. The van der Waals surface area contributed by atoms with E-state index in [-0.39, 0.29) is 5.57 Å². The molecule has 0 amide bonds. The van der Waals surface area contributed by atoms with Gasteiger partial charge in [0.15, 0.2) is 11.5 Å². The number of ether oxygens (including phenoxy) is 5. The summed E-state index contributed by atoms with van der Waals surface area (Å²) in [5.74, 6) is 0.0620. The number of carbonyl (C=O) groups excluding carboxylic acids is 2. The minimum atomic E-state index is -1.03. The molecule has 0 fully saturated rings. The third kappa shape index (κ3) is 5.87. The number of rotatable bonds is 8. The predicted octanol–water partition coefficient (Wildman–Crippen LogP) is 2.73. The standard InChI is InChI=1S/C18H22O7/c1-11(2)18(20)25-12(3)24-16(19)8-7-13-9-14(21-4)17(23-6)15(10-13)22-5/h7-10,12H,1H2,2-6H3/b8-7+. The maximum absolute atomic E-state index is 11.8. The number of methoxy groups -OCH3 is 3. The van der Waals surface area contributed by atoms with Crippen molar-refractivity contribution < 1.29 is 33.3 Å². The second-order valence-corrected chi connectivity index (χ2v) is 4.98. The van der Waals surface area contributed by atoms with Crippen LogP contribution in [0.4, 0.5) is 0 Å². The minimum absolute atomic E-state index is 0.218. The molecule has 0 saturated heterocycles. The van der Waals surface area contributed by atoms with Gasteiger partial charge in [-0.25, -0.2) is 9.59 Å². The molecule has 0 heterocycles. The molecule has 25 heavy (non-hydrogen) atoms. The quantitative estimate of drug-likeness (QED) is 0.405. The molecule has 0 aliphatic heterocycles. The van der Waals surface area contributed by atoms with E-state index in [2.05, 4.69) is 6.58 Å². The molecule has 0 spiro atoms. The number of hydrogen-bond acceptors (Lipinski definition) is 7. The lowest BCUT2D eigenvalue weighted by atomic mass is 10.1. The largest absolute Gasteiger partial charge is 0.493 e. The van der Waals surface area contributed by atoms with Gasteiger partial charge in [-0.15, -0.1) is 0 Å². The maximum Gasteiger partial charge on any atom is 0.336 e. The molecule has 7 nitrogen and oxygen atoms in total. The summed E-state index contributed by atoms with van der Waals surface area (Å²) in [7, 11) is 4.49. The molecular weight excluding hydrogens is 328 g/mol. The van der Waals surface area contributed by atoms with Crippen molar-refractivity contribution in [3.8, 4) is 17.2 Å². The van der Waals surface area contributed by atoms with Gasteiger partial charge in [-0.3, -0.25) is 0 Å². The van der Waals surface area contributed by atoms with E-state index in [1.54, 1.807) is 12.1 Å². The fourth-order valence-electron chi connectivity index (χ4n) is 1.84. The number of esters is 2. The Balaban J connectivity index is 2.82. The average molecular weight is 350 g/mol. The number of hydrogen-bond donors (Lipinski definition) is 0. The first-order valence-corrected chi connectivity index (χ1v) is 7.37. The minimum Gasteiger partial charge on any atom is -0.493 e. The Morgan fingerprint density at radius 1 is 1.04 bits per heavy atom. The topological polar surface area (TPSA) is 80.3 Å². The van der Waals surface area contributed by atoms with Crippen LogP contribution in [-0.4, -0.2) is 39.6 Å². The molecule has 0 aliphatic carbocycles. The van der Waals surface area contributed by atoms with Crippen molar-refractivity contribution in [1.29, 1.82) is 0 Å². The van der Waals surface area contributed by atoms with Gasteiger partial charge < -0.3 is 23.7 Å². The molecule has 0 radical (unpaired) electrons. The zero-order valence-electron chi connectivity index (χ0n) is 15.0.